The van der Waals surface area contributed by atoms with Crippen molar-refractivity contribution < 1.29 is 14.1 Å². The maximum absolute atomic E-state index is 13.0. The second-order valence-corrected chi connectivity index (χ2v) is 9.06. The molecule has 0 bridgehead atoms. The molecule has 2 aromatic heterocycles. The Bertz CT molecular complexity index is 992. The average molecular weight is 427 g/mol. The summed E-state index contributed by atoms with van der Waals surface area (Å²) in [6.07, 6.45) is 1.65. The first kappa shape index (κ1) is 20.7. The normalized spacial score (nSPS) is 16.0. The Hall–Kier alpha value is -2.58. The van der Waals surface area contributed by atoms with Gasteiger partial charge in [-0.15, -0.1) is 10.2 Å². The summed E-state index contributed by atoms with van der Waals surface area (Å²) in [7, 11) is 1.92. The molecule has 1 atom stereocenters. The van der Waals surface area contributed by atoms with Crippen LogP contribution < -0.4 is 4.90 Å². The summed E-state index contributed by atoms with van der Waals surface area (Å²) in [4.78, 5) is 16.5. The SMILES string of the molecule is Cc1occc1-c1nnc(S[C@@H](C)C(=O)N2CC[NH+](Cc3ccccc3)CC2)n1C. The van der Waals surface area contributed by atoms with Gasteiger partial charge in [-0.2, -0.15) is 0 Å². The number of aromatic nitrogens is 3. The van der Waals surface area contributed by atoms with Gasteiger partial charge >= 0.3 is 0 Å². The number of rotatable bonds is 6. The lowest BCUT2D eigenvalue weighted by molar-refractivity contribution is -0.917. The molecule has 0 aliphatic carbocycles. The van der Waals surface area contributed by atoms with Crippen molar-refractivity contribution in [3.8, 4) is 11.4 Å². The van der Waals surface area contributed by atoms with E-state index in [9.17, 15) is 4.79 Å². The van der Waals surface area contributed by atoms with Crippen LogP contribution in [0.2, 0.25) is 0 Å². The van der Waals surface area contributed by atoms with Crippen LogP contribution in [0.1, 0.15) is 18.2 Å². The summed E-state index contributed by atoms with van der Waals surface area (Å²) < 4.78 is 7.30. The zero-order valence-electron chi connectivity index (χ0n) is 17.7. The molecule has 0 saturated carbocycles. The van der Waals surface area contributed by atoms with E-state index in [1.165, 1.54) is 22.2 Å². The fourth-order valence-electron chi connectivity index (χ4n) is 3.84. The molecule has 7 nitrogen and oxygen atoms in total. The molecular weight excluding hydrogens is 398 g/mol. The number of nitrogens with one attached hydrogen (secondary N) is 1. The Kier molecular flexibility index (Phi) is 6.24. The largest absolute Gasteiger partial charge is 0.469 e. The fourth-order valence-corrected chi connectivity index (χ4v) is 4.74. The minimum atomic E-state index is -0.207. The van der Waals surface area contributed by atoms with Gasteiger partial charge in [-0.25, -0.2) is 0 Å². The van der Waals surface area contributed by atoms with Crippen LogP contribution in [0.4, 0.5) is 0 Å². The third kappa shape index (κ3) is 4.44. The molecule has 1 N–H and O–H groups in total. The molecule has 3 heterocycles. The zero-order valence-corrected chi connectivity index (χ0v) is 18.5. The number of nitrogens with zero attached hydrogens (tertiary/aromatic N) is 4. The molecule has 1 aromatic carbocycles. The van der Waals surface area contributed by atoms with Gasteiger partial charge in [-0.05, 0) is 19.9 Å². The van der Waals surface area contributed by atoms with Crippen molar-refractivity contribution in [3.63, 3.8) is 0 Å². The first-order valence-electron chi connectivity index (χ1n) is 10.3. The van der Waals surface area contributed by atoms with Crippen molar-refractivity contribution in [2.24, 2.45) is 7.05 Å². The predicted molar refractivity (Wildman–Crippen MR) is 116 cm³/mol. The van der Waals surface area contributed by atoms with Crippen LogP contribution in [-0.4, -0.2) is 57.0 Å². The standard InChI is InChI=1S/C22H27N5O2S/c1-16-19(9-14-29-16)20-23-24-22(25(20)3)30-17(2)21(28)27-12-10-26(11-13-27)15-18-7-5-4-6-8-18/h4-9,14,17H,10-13,15H2,1-3H3/p+1/t17-/m0/s1. The lowest BCUT2D eigenvalue weighted by Gasteiger charge is -2.33. The van der Waals surface area contributed by atoms with Gasteiger partial charge in [0.2, 0.25) is 5.91 Å². The zero-order chi connectivity index (χ0) is 21.1. The Morgan fingerprint density at radius 3 is 2.60 bits per heavy atom. The minimum absolute atomic E-state index is 0.169. The van der Waals surface area contributed by atoms with E-state index in [-0.39, 0.29) is 11.2 Å². The summed E-state index contributed by atoms with van der Waals surface area (Å²) in [5.41, 5.74) is 2.27. The topological polar surface area (TPSA) is 68.6 Å². The van der Waals surface area contributed by atoms with Crippen molar-refractivity contribution in [1.82, 2.24) is 19.7 Å². The number of quaternary nitrogens is 1. The monoisotopic (exact) mass is 426 g/mol. The van der Waals surface area contributed by atoms with E-state index in [1.54, 1.807) is 6.26 Å². The Morgan fingerprint density at radius 2 is 1.93 bits per heavy atom. The number of hydrogen-bond acceptors (Lipinski definition) is 5. The number of amides is 1. The van der Waals surface area contributed by atoms with Crippen LogP contribution in [0.15, 0.2) is 52.2 Å². The quantitative estimate of drug-likeness (QED) is 0.609. The highest BCUT2D eigenvalue weighted by molar-refractivity contribution is 8.00. The molecule has 158 valence electrons. The Balaban J connectivity index is 1.33. The van der Waals surface area contributed by atoms with Crippen LogP contribution >= 0.6 is 11.8 Å². The van der Waals surface area contributed by atoms with E-state index < -0.39 is 0 Å². The summed E-state index contributed by atoms with van der Waals surface area (Å²) in [5, 5.41) is 9.13. The average Bonchev–Trinajstić information content (AvgIpc) is 3.34. The molecule has 1 saturated heterocycles. The van der Waals surface area contributed by atoms with Gasteiger partial charge in [0.1, 0.15) is 12.3 Å². The van der Waals surface area contributed by atoms with Crippen molar-refractivity contribution >= 4 is 17.7 Å². The van der Waals surface area contributed by atoms with Crippen LogP contribution in [0.3, 0.4) is 0 Å². The summed E-state index contributed by atoms with van der Waals surface area (Å²) in [6, 6.07) is 12.4. The van der Waals surface area contributed by atoms with E-state index in [2.05, 4.69) is 34.5 Å². The molecule has 8 heteroatoms. The van der Waals surface area contributed by atoms with Crippen LogP contribution in [-0.2, 0) is 18.4 Å². The minimum Gasteiger partial charge on any atom is -0.469 e. The van der Waals surface area contributed by atoms with Crippen molar-refractivity contribution in [3.05, 3.63) is 54.0 Å². The molecule has 1 fully saturated rings. The lowest BCUT2D eigenvalue weighted by Crippen LogP contribution is -3.13. The first-order chi connectivity index (χ1) is 14.5. The third-order valence-corrected chi connectivity index (χ3v) is 6.77. The number of hydrogen-bond donors (Lipinski definition) is 1. The highest BCUT2D eigenvalue weighted by atomic mass is 32.2. The molecule has 1 aliphatic heterocycles. The molecule has 0 spiro atoms. The van der Waals surface area contributed by atoms with E-state index in [4.69, 9.17) is 4.42 Å². The van der Waals surface area contributed by atoms with Crippen LogP contribution in [0.5, 0.6) is 0 Å². The first-order valence-corrected chi connectivity index (χ1v) is 11.2. The van der Waals surface area contributed by atoms with Gasteiger partial charge in [-0.3, -0.25) is 4.79 Å². The van der Waals surface area contributed by atoms with E-state index in [0.29, 0.717) is 0 Å². The van der Waals surface area contributed by atoms with Gasteiger partial charge in [0.05, 0.1) is 43.3 Å². The van der Waals surface area contributed by atoms with Gasteiger partial charge in [0.25, 0.3) is 0 Å². The predicted octanol–water partition coefficient (Wildman–Crippen LogP) is 1.79. The van der Waals surface area contributed by atoms with E-state index in [1.807, 2.05) is 42.5 Å². The fraction of sp³-hybridized carbons (Fsp3) is 0.409. The second-order valence-electron chi connectivity index (χ2n) is 7.75. The Labute approximate surface area is 181 Å². The second kappa shape index (κ2) is 9.06. The number of furan rings is 1. The summed E-state index contributed by atoms with van der Waals surface area (Å²) in [5.74, 6) is 1.73. The Morgan fingerprint density at radius 1 is 1.20 bits per heavy atom. The highest BCUT2D eigenvalue weighted by Crippen LogP contribution is 2.28. The van der Waals surface area contributed by atoms with Gasteiger partial charge in [-0.1, -0.05) is 42.1 Å². The third-order valence-electron chi connectivity index (χ3n) is 5.64. The molecule has 1 amide bonds. The number of piperazine rings is 1. The van der Waals surface area contributed by atoms with Crippen molar-refractivity contribution in [1.29, 1.82) is 0 Å². The van der Waals surface area contributed by atoms with Gasteiger partial charge in [0, 0.05) is 12.6 Å². The van der Waals surface area contributed by atoms with Crippen LogP contribution in [0, 0.1) is 6.92 Å². The molecule has 0 unspecified atom stereocenters. The number of carbonyl (C=O) groups is 1. The number of benzene rings is 1. The van der Waals surface area contributed by atoms with Gasteiger partial charge < -0.3 is 18.8 Å². The molecule has 0 radical (unpaired) electrons. The van der Waals surface area contributed by atoms with Crippen molar-refractivity contribution in [2.45, 2.75) is 30.8 Å². The van der Waals surface area contributed by atoms with E-state index in [0.717, 1.165) is 55.0 Å². The molecular formula is C22H28N5O2S+. The molecule has 30 heavy (non-hydrogen) atoms. The maximum Gasteiger partial charge on any atom is 0.236 e. The summed E-state index contributed by atoms with van der Waals surface area (Å²) >= 11 is 1.46. The summed E-state index contributed by atoms with van der Waals surface area (Å²) in [6.45, 7) is 8.42. The van der Waals surface area contributed by atoms with Crippen LogP contribution in [0.25, 0.3) is 11.4 Å². The lowest BCUT2D eigenvalue weighted by atomic mass is 10.2. The van der Waals surface area contributed by atoms with Crippen molar-refractivity contribution in [2.75, 3.05) is 26.2 Å². The molecule has 3 aromatic rings. The van der Waals surface area contributed by atoms with E-state index >= 15 is 0 Å². The molecule has 4 rings (SSSR count). The molecule has 1 aliphatic rings. The number of thioether (sulfide) groups is 1. The van der Waals surface area contributed by atoms with Gasteiger partial charge in [0.15, 0.2) is 11.0 Å². The number of carbonyl (C=O) groups excluding carboxylic acids is 1. The highest BCUT2D eigenvalue weighted by Gasteiger charge is 2.28. The number of aryl methyl sites for hydroxylation is 1. The smallest absolute Gasteiger partial charge is 0.236 e. The maximum atomic E-state index is 13.0.